The zero-order valence-electron chi connectivity index (χ0n) is 11.1. The lowest BCUT2D eigenvalue weighted by Gasteiger charge is -2.11. The summed E-state index contributed by atoms with van der Waals surface area (Å²) in [7, 11) is -3.92. The van der Waals surface area contributed by atoms with Crippen LogP contribution in [0.2, 0.25) is 0 Å². The fraction of sp³-hybridized carbons (Fsp3) is 0.167. The Morgan fingerprint density at radius 1 is 1.38 bits per heavy atom. The number of aromatic carboxylic acids is 1. The number of sulfonamides is 1. The number of anilines is 1. The molecule has 1 aromatic heterocycles. The Morgan fingerprint density at radius 3 is 2.57 bits per heavy atom. The molecular formula is C12H12BrN3O4S. The first-order chi connectivity index (χ1) is 9.72. The van der Waals surface area contributed by atoms with Gasteiger partial charge in [0.05, 0.1) is 22.6 Å². The molecule has 0 fully saturated rings. The van der Waals surface area contributed by atoms with Crippen molar-refractivity contribution in [3.05, 3.63) is 39.6 Å². The lowest BCUT2D eigenvalue weighted by Crippen LogP contribution is -2.17. The van der Waals surface area contributed by atoms with E-state index >= 15 is 0 Å². The first-order valence-electron chi connectivity index (χ1n) is 5.79. The van der Waals surface area contributed by atoms with Crippen molar-refractivity contribution in [2.24, 2.45) is 0 Å². The van der Waals surface area contributed by atoms with Crippen molar-refractivity contribution in [1.82, 2.24) is 10.2 Å². The number of halogens is 1. The van der Waals surface area contributed by atoms with E-state index in [1.807, 2.05) is 0 Å². The second-order valence-electron chi connectivity index (χ2n) is 4.36. The molecule has 7 nitrogen and oxygen atoms in total. The molecule has 1 aromatic carbocycles. The van der Waals surface area contributed by atoms with Crippen LogP contribution >= 0.6 is 15.9 Å². The summed E-state index contributed by atoms with van der Waals surface area (Å²) in [6, 6.07) is 4.27. The molecule has 1 heterocycles. The van der Waals surface area contributed by atoms with Crippen LogP contribution < -0.4 is 4.72 Å². The molecule has 2 rings (SSSR count). The van der Waals surface area contributed by atoms with E-state index in [4.69, 9.17) is 5.11 Å². The number of carboxylic acids is 1. The average Bonchev–Trinajstić information content (AvgIpc) is 2.71. The van der Waals surface area contributed by atoms with Crippen molar-refractivity contribution in [3.63, 3.8) is 0 Å². The highest BCUT2D eigenvalue weighted by molar-refractivity contribution is 9.10. The van der Waals surface area contributed by atoms with E-state index in [1.165, 1.54) is 12.1 Å². The Bertz CT molecular complexity index is 794. The molecule has 0 amide bonds. The number of hydrogen-bond acceptors (Lipinski definition) is 4. The largest absolute Gasteiger partial charge is 0.478 e. The Labute approximate surface area is 129 Å². The lowest BCUT2D eigenvalue weighted by atomic mass is 10.2. The summed E-state index contributed by atoms with van der Waals surface area (Å²) in [6.07, 6.45) is 0. The molecule has 0 aliphatic rings. The van der Waals surface area contributed by atoms with Crippen LogP contribution in [-0.2, 0) is 10.0 Å². The molecular weight excluding hydrogens is 362 g/mol. The number of aryl methyl sites for hydroxylation is 2. The molecule has 0 saturated heterocycles. The van der Waals surface area contributed by atoms with Gasteiger partial charge in [-0.2, -0.15) is 5.10 Å². The topological polar surface area (TPSA) is 112 Å². The van der Waals surface area contributed by atoms with E-state index in [9.17, 15) is 13.2 Å². The van der Waals surface area contributed by atoms with Gasteiger partial charge in [-0.1, -0.05) is 15.9 Å². The third-order valence-corrected chi connectivity index (χ3v) is 4.91. The molecule has 0 atom stereocenters. The standard InChI is InChI=1S/C12H12BrN3O4S/c1-6-11(7(2)15-14-6)21(19,20)16-10-4-3-8(13)5-9(10)12(17)18/h3-5,16H,1-2H3,(H,14,15)(H,17,18). The summed E-state index contributed by atoms with van der Waals surface area (Å²) in [5.41, 5.74) is 0.542. The third kappa shape index (κ3) is 3.08. The number of nitrogens with zero attached hydrogens (tertiary/aromatic N) is 1. The highest BCUT2D eigenvalue weighted by atomic mass is 79.9. The second kappa shape index (κ2) is 5.49. The van der Waals surface area contributed by atoms with Gasteiger partial charge in [-0.25, -0.2) is 13.2 Å². The summed E-state index contributed by atoms with van der Waals surface area (Å²) in [5.74, 6) is -1.23. The number of hydrogen-bond donors (Lipinski definition) is 3. The van der Waals surface area contributed by atoms with Gasteiger partial charge in [0.25, 0.3) is 10.0 Å². The molecule has 0 spiro atoms. The van der Waals surface area contributed by atoms with Crippen LogP contribution in [0, 0.1) is 13.8 Å². The highest BCUT2D eigenvalue weighted by Gasteiger charge is 2.24. The Morgan fingerprint density at radius 2 is 2.05 bits per heavy atom. The van der Waals surface area contributed by atoms with Gasteiger partial charge < -0.3 is 5.11 Å². The van der Waals surface area contributed by atoms with Gasteiger partial charge >= 0.3 is 5.97 Å². The summed E-state index contributed by atoms with van der Waals surface area (Å²) in [4.78, 5) is 11.2. The van der Waals surface area contributed by atoms with E-state index in [0.29, 0.717) is 15.9 Å². The molecule has 0 radical (unpaired) electrons. The minimum Gasteiger partial charge on any atom is -0.478 e. The van der Waals surface area contributed by atoms with Crippen LogP contribution in [0.5, 0.6) is 0 Å². The SMILES string of the molecule is Cc1n[nH]c(C)c1S(=O)(=O)Nc1ccc(Br)cc1C(=O)O. The van der Waals surface area contributed by atoms with Crippen LogP contribution in [0.3, 0.4) is 0 Å². The van der Waals surface area contributed by atoms with Crippen LogP contribution in [0.15, 0.2) is 27.6 Å². The van der Waals surface area contributed by atoms with Crippen molar-refractivity contribution in [3.8, 4) is 0 Å². The predicted octanol–water partition coefficient (Wildman–Crippen LogP) is 2.29. The number of aromatic nitrogens is 2. The maximum absolute atomic E-state index is 12.4. The summed E-state index contributed by atoms with van der Waals surface area (Å²) in [6.45, 7) is 3.13. The fourth-order valence-electron chi connectivity index (χ4n) is 1.91. The number of carboxylic acid groups (broad SMARTS) is 1. The summed E-state index contributed by atoms with van der Waals surface area (Å²) >= 11 is 3.15. The van der Waals surface area contributed by atoms with Gasteiger partial charge in [-0.3, -0.25) is 9.82 Å². The molecule has 0 bridgehead atoms. The third-order valence-electron chi connectivity index (χ3n) is 2.79. The van der Waals surface area contributed by atoms with Gasteiger partial charge in [-0.15, -0.1) is 0 Å². The summed E-state index contributed by atoms with van der Waals surface area (Å²) < 4.78 is 27.6. The molecule has 9 heteroatoms. The summed E-state index contributed by atoms with van der Waals surface area (Å²) in [5, 5.41) is 15.6. The van der Waals surface area contributed by atoms with Crippen molar-refractivity contribution >= 4 is 37.6 Å². The van der Waals surface area contributed by atoms with Crippen molar-refractivity contribution in [2.45, 2.75) is 18.7 Å². The van der Waals surface area contributed by atoms with Crippen molar-refractivity contribution < 1.29 is 18.3 Å². The maximum atomic E-state index is 12.4. The van der Waals surface area contributed by atoms with Gasteiger partial charge in [0.2, 0.25) is 0 Å². The first kappa shape index (κ1) is 15.5. The lowest BCUT2D eigenvalue weighted by molar-refractivity contribution is 0.0698. The predicted molar refractivity (Wildman–Crippen MR) is 80.0 cm³/mol. The van der Waals surface area contributed by atoms with Crippen molar-refractivity contribution in [1.29, 1.82) is 0 Å². The second-order valence-corrected chi connectivity index (χ2v) is 6.90. The Kier molecular flexibility index (Phi) is 4.06. The molecule has 21 heavy (non-hydrogen) atoms. The number of rotatable bonds is 4. The number of aromatic amines is 1. The Hall–Kier alpha value is -1.87. The average molecular weight is 374 g/mol. The van der Waals surface area contributed by atoms with Gasteiger partial charge in [-0.05, 0) is 32.0 Å². The molecule has 112 valence electrons. The van der Waals surface area contributed by atoms with E-state index in [0.717, 1.165) is 0 Å². The highest BCUT2D eigenvalue weighted by Crippen LogP contribution is 2.25. The smallest absolute Gasteiger partial charge is 0.337 e. The number of benzene rings is 1. The number of nitrogens with one attached hydrogen (secondary N) is 2. The molecule has 3 N–H and O–H groups in total. The van der Waals surface area contributed by atoms with Crippen LogP contribution in [0.4, 0.5) is 5.69 Å². The van der Waals surface area contributed by atoms with Crippen LogP contribution in [0.25, 0.3) is 0 Å². The zero-order valence-corrected chi connectivity index (χ0v) is 13.5. The van der Waals surface area contributed by atoms with Crippen LogP contribution in [-0.4, -0.2) is 29.7 Å². The van der Waals surface area contributed by atoms with Crippen molar-refractivity contribution in [2.75, 3.05) is 4.72 Å². The van der Waals surface area contributed by atoms with Gasteiger partial charge in [0, 0.05) is 4.47 Å². The minimum absolute atomic E-state index is 0.00861. The fourth-order valence-corrected chi connectivity index (χ4v) is 3.73. The van der Waals surface area contributed by atoms with E-state index in [-0.39, 0.29) is 16.1 Å². The molecule has 0 unspecified atom stereocenters. The quantitative estimate of drug-likeness (QED) is 0.760. The van der Waals surface area contributed by atoms with Crippen LogP contribution in [0.1, 0.15) is 21.7 Å². The van der Waals surface area contributed by atoms with Gasteiger partial charge in [0.15, 0.2) is 0 Å². The van der Waals surface area contributed by atoms with E-state index in [1.54, 1.807) is 19.9 Å². The molecule has 0 saturated carbocycles. The Balaban J connectivity index is 2.50. The van der Waals surface area contributed by atoms with E-state index in [2.05, 4.69) is 30.8 Å². The first-order valence-corrected chi connectivity index (χ1v) is 8.07. The van der Waals surface area contributed by atoms with E-state index < -0.39 is 16.0 Å². The maximum Gasteiger partial charge on any atom is 0.337 e. The molecule has 2 aromatic rings. The molecule has 0 aliphatic heterocycles. The number of H-pyrrole nitrogens is 1. The molecule has 0 aliphatic carbocycles. The van der Waals surface area contributed by atoms with Gasteiger partial charge in [0.1, 0.15) is 4.90 Å². The number of carbonyl (C=O) groups is 1. The normalized spacial score (nSPS) is 11.4. The minimum atomic E-state index is -3.92. The monoisotopic (exact) mass is 373 g/mol. The zero-order chi connectivity index (χ0) is 15.8.